The van der Waals surface area contributed by atoms with E-state index in [1.807, 2.05) is 31.2 Å². The summed E-state index contributed by atoms with van der Waals surface area (Å²) in [5, 5.41) is 7.09. The van der Waals surface area contributed by atoms with Gasteiger partial charge in [-0.25, -0.2) is 15.0 Å². The molecule has 2 saturated heterocycles. The summed E-state index contributed by atoms with van der Waals surface area (Å²) in [6.07, 6.45) is -2.26. The molecule has 0 saturated carbocycles. The number of halogens is 3. The van der Waals surface area contributed by atoms with Crippen LogP contribution in [0.2, 0.25) is 0 Å². The molecule has 1 aromatic carbocycles. The van der Waals surface area contributed by atoms with Gasteiger partial charge in [-0.3, -0.25) is 14.6 Å². The Hall–Kier alpha value is -3.39. The van der Waals surface area contributed by atoms with Crippen LogP contribution in [0.1, 0.15) is 33.4 Å². The number of nitrogens with one attached hydrogen (secondary N) is 2. The maximum Gasteiger partial charge on any atom is 0.451 e. The molecule has 2 aliphatic rings. The Kier molecular flexibility index (Phi) is 9.28. The lowest BCUT2D eigenvalue weighted by Crippen LogP contribution is -2.44. The van der Waals surface area contributed by atoms with E-state index >= 15 is 0 Å². The van der Waals surface area contributed by atoms with Crippen molar-refractivity contribution in [2.75, 3.05) is 77.6 Å². The highest BCUT2D eigenvalue weighted by molar-refractivity contribution is 6.07. The van der Waals surface area contributed by atoms with E-state index in [4.69, 9.17) is 14.5 Å². The number of pyridine rings is 1. The fourth-order valence-electron chi connectivity index (χ4n) is 5.16. The summed E-state index contributed by atoms with van der Waals surface area (Å²) in [5.74, 6) is -0.746. The SMILES string of the molecule is Cc1ccc2nc(NCCN3CCOCC3)ccc2c1C(=O)NCC(c1cnc(C(F)(F)F)nc1)N1CCOCC1. The number of anilines is 1. The zero-order chi connectivity index (χ0) is 28.8. The maximum atomic E-state index is 13.5. The van der Waals surface area contributed by atoms with Crippen LogP contribution in [-0.4, -0.2) is 103 Å². The highest BCUT2D eigenvalue weighted by Crippen LogP contribution is 2.28. The van der Waals surface area contributed by atoms with Gasteiger partial charge in [0.1, 0.15) is 5.82 Å². The van der Waals surface area contributed by atoms with Crippen LogP contribution in [0.15, 0.2) is 36.7 Å². The average Bonchev–Trinajstić information content (AvgIpc) is 2.98. The highest BCUT2D eigenvalue weighted by Gasteiger charge is 2.35. The number of aryl methyl sites for hydroxylation is 1. The number of morpholine rings is 2. The van der Waals surface area contributed by atoms with Gasteiger partial charge in [-0.2, -0.15) is 13.2 Å². The zero-order valence-electron chi connectivity index (χ0n) is 22.9. The van der Waals surface area contributed by atoms with Crippen molar-refractivity contribution in [3.05, 3.63) is 59.2 Å². The predicted molar refractivity (Wildman–Crippen MR) is 147 cm³/mol. The monoisotopic (exact) mass is 573 g/mol. The Morgan fingerprint density at radius 1 is 1.00 bits per heavy atom. The number of carbonyl (C=O) groups excluding carboxylic acids is 1. The normalized spacial score (nSPS) is 17.9. The first-order chi connectivity index (χ1) is 19.8. The van der Waals surface area contributed by atoms with Gasteiger partial charge in [0.05, 0.1) is 43.5 Å². The quantitative estimate of drug-likeness (QED) is 0.400. The first-order valence-corrected chi connectivity index (χ1v) is 13.7. The third kappa shape index (κ3) is 7.28. The van der Waals surface area contributed by atoms with E-state index in [1.165, 1.54) is 12.4 Å². The van der Waals surface area contributed by atoms with Crippen LogP contribution in [0.3, 0.4) is 0 Å². The van der Waals surface area contributed by atoms with E-state index in [0.29, 0.717) is 42.9 Å². The van der Waals surface area contributed by atoms with Crippen molar-refractivity contribution >= 4 is 22.6 Å². The number of amides is 1. The Morgan fingerprint density at radius 2 is 1.68 bits per heavy atom. The smallest absolute Gasteiger partial charge is 0.379 e. The van der Waals surface area contributed by atoms with E-state index in [-0.39, 0.29) is 12.5 Å². The molecule has 1 atom stereocenters. The van der Waals surface area contributed by atoms with Gasteiger partial charge in [0.15, 0.2) is 0 Å². The van der Waals surface area contributed by atoms with E-state index in [2.05, 4.69) is 30.4 Å². The zero-order valence-corrected chi connectivity index (χ0v) is 22.9. The molecule has 2 aliphatic heterocycles. The van der Waals surface area contributed by atoms with Crippen LogP contribution in [0.5, 0.6) is 0 Å². The fraction of sp³-hybridized carbons (Fsp3) is 0.500. The number of benzene rings is 1. The Balaban J connectivity index is 1.29. The van der Waals surface area contributed by atoms with Crippen molar-refractivity contribution in [2.45, 2.75) is 19.1 Å². The van der Waals surface area contributed by atoms with Crippen molar-refractivity contribution in [3.63, 3.8) is 0 Å². The summed E-state index contributed by atoms with van der Waals surface area (Å²) in [6, 6.07) is 7.11. The molecule has 1 amide bonds. The first kappa shape index (κ1) is 29.1. The van der Waals surface area contributed by atoms with Gasteiger partial charge >= 0.3 is 6.18 Å². The van der Waals surface area contributed by atoms with E-state index in [9.17, 15) is 18.0 Å². The Morgan fingerprint density at radius 3 is 2.37 bits per heavy atom. The minimum Gasteiger partial charge on any atom is -0.379 e. The van der Waals surface area contributed by atoms with Crippen molar-refractivity contribution in [1.29, 1.82) is 0 Å². The molecule has 10 nitrogen and oxygen atoms in total. The standard InChI is InChI=1S/C28H34F3N7O3/c1-19-2-4-22-21(3-5-24(36-22)32-6-7-37-8-12-40-13-9-37)25(19)26(39)33-18-23(38-10-14-41-15-11-38)20-16-34-27(35-17-20)28(29,30)31/h2-5,16-17,23H,6-15,18H2,1H3,(H,32,36)(H,33,39). The summed E-state index contributed by atoms with van der Waals surface area (Å²) in [6.45, 7) is 9.13. The molecule has 2 N–H and O–H groups in total. The lowest BCUT2D eigenvalue weighted by molar-refractivity contribution is -0.145. The molecule has 220 valence electrons. The molecular weight excluding hydrogens is 539 g/mol. The molecule has 13 heteroatoms. The Bertz CT molecular complexity index is 1330. The molecular formula is C28H34F3N7O3. The van der Waals surface area contributed by atoms with Gasteiger partial charge in [-0.05, 0) is 30.7 Å². The van der Waals surface area contributed by atoms with Gasteiger partial charge < -0.3 is 20.1 Å². The summed E-state index contributed by atoms with van der Waals surface area (Å²) >= 11 is 0. The number of nitrogens with zero attached hydrogens (tertiary/aromatic N) is 5. The minimum absolute atomic E-state index is 0.165. The Labute approximate surface area is 236 Å². The van der Waals surface area contributed by atoms with Crippen molar-refractivity contribution < 1.29 is 27.4 Å². The molecule has 3 aromatic rings. The van der Waals surface area contributed by atoms with Crippen LogP contribution >= 0.6 is 0 Å². The number of carbonyl (C=O) groups is 1. The van der Waals surface area contributed by atoms with Crippen LogP contribution < -0.4 is 10.6 Å². The van der Waals surface area contributed by atoms with Crippen LogP contribution in [-0.2, 0) is 15.7 Å². The van der Waals surface area contributed by atoms with Crippen LogP contribution in [0.25, 0.3) is 10.9 Å². The highest BCUT2D eigenvalue weighted by atomic mass is 19.4. The summed E-state index contributed by atoms with van der Waals surface area (Å²) in [5.41, 5.74) is 2.49. The number of rotatable bonds is 9. The number of hydrogen-bond acceptors (Lipinski definition) is 9. The van der Waals surface area contributed by atoms with Crippen LogP contribution in [0, 0.1) is 6.92 Å². The topological polar surface area (TPSA) is 105 Å². The number of aromatic nitrogens is 3. The number of hydrogen-bond donors (Lipinski definition) is 2. The van der Waals surface area contributed by atoms with Gasteiger partial charge in [0.25, 0.3) is 5.91 Å². The van der Waals surface area contributed by atoms with E-state index < -0.39 is 18.0 Å². The molecule has 0 aliphatic carbocycles. The lowest BCUT2D eigenvalue weighted by Gasteiger charge is -2.34. The number of fused-ring (bicyclic) bond motifs is 1. The minimum atomic E-state index is -4.63. The second-order valence-electron chi connectivity index (χ2n) is 10.1. The molecule has 1 unspecified atom stereocenters. The van der Waals surface area contributed by atoms with Crippen molar-refractivity contribution in [2.24, 2.45) is 0 Å². The first-order valence-electron chi connectivity index (χ1n) is 13.7. The van der Waals surface area contributed by atoms with Gasteiger partial charge in [0, 0.05) is 69.2 Å². The van der Waals surface area contributed by atoms with Crippen LogP contribution in [0.4, 0.5) is 19.0 Å². The predicted octanol–water partition coefficient (Wildman–Crippen LogP) is 2.90. The van der Waals surface area contributed by atoms with Gasteiger partial charge in [-0.1, -0.05) is 6.07 Å². The molecule has 4 heterocycles. The molecule has 41 heavy (non-hydrogen) atoms. The van der Waals surface area contributed by atoms with Gasteiger partial charge in [-0.15, -0.1) is 0 Å². The van der Waals surface area contributed by atoms with Gasteiger partial charge in [0.2, 0.25) is 5.82 Å². The summed E-state index contributed by atoms with van der Waals surface area (Å²) < 4.78 is 49.9. The second-order valence-corrected chi connectivity index (χ2v) is 10.1. The fourth-order valence-corrected chi connectivity index (χ4v) is 5.16. The molecule has 0 spiro atoms. The molecule has 5 rings (SSSR count). The summed E-state index contributed by atoms with van der Waals surface area (Å²) in [4.78, 5) is 29.7. The lowest BCUT2D eigenvalue weighted by atomic mass is 10.0. The van der Waals surface area contributed by atoms with Crippen molar-refractivity contribution in [1.82, 2.24) is 30.1 Å². The molecule has 0 radical (unpaired) electrons. The van der Waals surface area contributed by atoms with Crippen molar-refractivity contribution in [3.8, 4) is 0 Å². The number of ether oxygens (including phenoxy) is 2. The van der Waals surface area contributed by atoms with E-state index in [0.717, 1.165) is 56.2 Å². The molecule has 0 bridgehead atoms. The second kappa shape index (κ2) is 13.1. The van der Waals surface area contributed by atoms with E-state index in [1.54, 1.807) is 0 Å². The molecule has 2 aromatic heterocycles. The number of alkyl halides is 3. The average molecular weight is 574 g/mol. The largest absolute Gasteiger partial charge is 0.451 e. The summed E-state index contributed by atoms with van der Waals surface area (Å²) in [7, 11) is 0. The molecule has 2 fully saturated rings. The maximum absolute atomic E-state index is 13.5. The third-order valence-electron chi connectivity index (χ3n) is 7.40. The third-order valence-corrected chi connectivity index (χ3v) is 7.40.